The first-order valence-corrected chi connectivity index (χ1v) is 9.68. The van der Waals surface area contributed by atoms with Crippen LogP contribution in [0.3, 0.4) is 0 Å². The highest BCUT2D eigenvalue weighted by molar-refractivity contribution is 5.90. The van der Waals surface area contributed by atoms with E-state index in [-0.39, 0.29) is 12.1 Å². The molecule has 150 valence electrons. The third kappa shape index (κ3) is 3.94. The van der Waals surface area contributed by atoms with E-state index in [1.165, 1.54) is 0 Å². The minimum absolute atomic E-state index is 0.148. The Hall–Kier alpha value is -3.35. The molecule has 2 amide bonds. The van der Waals surface area contributed by atoms with Crippen molar-refractivity contribution in [3.05, 3.63) is 59.5 Å². The second-order valence-corrected chi connectivity index (χ2v) is 7.28. The Morgan fingerprint density at radius 3 is 2.76 bits per heavy atom. The fourth-order valence-corrected chi connectivity index (χ4v) is 3.55. The molecule has 7 nitrogen and oxygen atoms in total. The summed E-state index contributed by atoms with van der Waals surface area (Å²) in [7, 11) is 1.62. The Balaban J connectivity index is 1.51. The zero-order valence-electron chi connectivity index (χ0n) is 16.8. The molecule has 0 spiro atoms. The molecule has 1 aliphatic rings. The second-order valence-electron chi connectivity index (χ2n) is 7.28. The Bertz CT molecular complexity index is 1010. The van der Waals surface area contributed by atoms with Crippen LogP contribution in [-0.2, 0) is 0 Å². The third-order valence-corrected chi connectivity index (χ3v) is 5.22. The highest BCUT2D eigenvalue weighted by Gasteiger charge is 2.34. The van der Waals surface area contributed by atoms with Gasteiger partial charge >= 0.3 is 6.03 Å². The molecular weight excluding hydrogens is 368 g/mol. The number of carbonyl (C=O) groups excluding carboxylic acids is 1. The number of carbonyl (C=O) groups is 1. The quantitative estimate of drug-likeness (QED) is 0.694. The lowest BCUT2D eigenvalue weighted by Gasteiger charge is -2.23. The van der Waals surface area contributed by atoms with Crippen molar-refractivity contribution >= 4 is 11.7 Å². The van der Waals surface area contributed by atoms with Crippen molar-refractivity contribution in [2.75, 3.05) is 19.0 Å². The lowest BCUT2D eigenvalue weighted by molar-refractivity contribution is 0.193. The van der Waals surface area contributed by atoms with Crippen LogP contribution in [0, 0.1) is 13.8 Å². The van der Waals surface area contributed by atoms with E-state index >= 15 is 0 Å². The maximum atomic E-state index is 12.9. The van der Waals surface area contributed by atoms with Crippen LogP contribution >= 0.6 is 0 Å². The maximum absolute atomic E-state index is 12.9. The van der Waals surface area contributed by atoms with E-state index in [2.05, 4.69) is 15.5 Å². The van der Waals surface area contributed by atoms with Gasteiger partial charge in [-0.1, -0.05) is 17.3 Å². The van der Waals surface area contributed by atoms with Crippen molar-refractivity contribution in [1.29, 1.82) is 0 Å². The summed E-state index contributed by atoms with van der Waals surface area (Å²) in [5, 5.41) is 7.13. The van der Waals surface area contributed by atoms with Crippen molar-refractivity contribution < 1.29 is 14.1 Å². The SMILES string of the molecule is COc1ccc(-c2noc([C@@H]3CCCN3C(=O)Nc3cc(C)ccc3C)n2)cc1. The average molecular weight is 392 g/mol. The molecule has 1 aromatic heterocycles. The minimum Gasteiger partial charge on any atom is -0.497 e. The number of nitrogens with zero attached hydrogens (tertiary/aromatic N) is 3. The first-order chi connectivity index (χ1) is 14.0. The summed E-state index contributed by atoms with van der Waals surface area (Å²) < 4.78 is 10.7. The standard InChI is InChI=1S/C22H24N4O3/c1-14-6-7-15(2)18(13-14)23-22(27)26-12-4-5-19(26)21-24-20(25-29-21)16-8-10-17(28-3)11-9-16/h6-11,13,19H,4-5,12H2,1-3H3,(H,23,27)/t19-/m0/s1. The molecule has 1 atom stereocenters. The maximum Gasteiger partial charge on any atom is 0.322 e. The van der Waals surface area contributed by atoms with E-state index in [0.717, 1.165) is 41.0 Å². The molecule has 0 radical (unpaired) electrons. The van der Waals surface area contributed by atoms with Crippen molar-refractivity contribution in [1.82, 2.24) is 15.0 Å². The lowest BCUT2D eigenvalue weighted by Crippen LogP contribution is -2.34. The normalized spacial score (nSPS) is 16.1. The van der Waals surface area contributed by atoms with Gasteiger partial charge in [-0.15, -0.1) is 0 Å². The van der Waals surface area contributed by atoms with E-state index in [9.17, 15) is 4.79 Å². The molecule has 7 heteroatoms. The molecule has 3 aromatic rings. The molecule has 29 heavy (non-hydrogen) atoms. The summed E-state index contributed by atoms with van der Waals surface area (Å²) >= 11 is 0. The molecule has 1 fully saturated rings. The van der Waals surface area contributed by atoms with Gasteiger partial charge in [0.05, 0.1) is 7.11 Å². The highest BCUT2D eigenvalue weighted by Crippen LogP contribution is 2.33. The number of urea groups is 1. The molecule has 1 aliphatic heterocycles. The van der Waals surface area contributed by atoms with Crippen LogP contribution in [0.15, 0.2) is 47.0 Å². The van der Waals surface area contributed by atoms with Crippen LogP contribution in [0.5, 0.6) is 5.75 Å². The Labute approximate surface area is 169 Å². The molecule has 0 aliphatic carbocycles. The molecule has 2 aromatic carbocycles. The van der Waals surface area contributed by atoms with E-state index in [1.807, 2.05) is 56.3 Å². The van der Waals surface area contributed by atoms with Gasteiger partial charge in [-0.3, -0.25) is 0 Å². The van der Waals surface area contributed by atoms with Gasteiger partial charge in [-0.2, -0.15) is 4.98 Å². The first kappa shape index (κ1) is 19.0. The van der Waals surface area contributed by atoms with Gasteiger partial charge in [0.2, 0.25) is 11.7 Å². The number of methoxy groups -OCH3 is 1. The van der Waals surface area contributed by atoms with Crippen LogP contribution in [0.4, 0.5) is 10.5 Å². The molecule has 2 heterocycles. The van der Waals surface area contributed by atoms with Gasteiger partial charge in [0.15, 0.2) is 0 Å². The molecular formula is C22H24N4O3. The van der Waals surface area contributed by atoms with Gasteiger partial charge in [-0.25, -0.2) is 4.79 Å². The summed E-state index contributed by atoms with van der Waals surface area (Å²) in [5.74, 6) is 1.73. The topological polar surface area (TPSA) is 80.5 Å². The summed E-state index contributed by atoms with van der Waals surface area (Å²) in [4.78, 5) is 19.2. The fourth-order valence-electron chi connectivity index (χ4n) is 3.55. The van der Waals surface area contributed by atoms with Crippen LogP contribution in [-0.4, -0.2) is 34.7 Å². The van der Waals surface area contributed by atoms with E-state index < -0.39 is 0 Å². The number of nitrogens with one attached hydrogen (secondary N) is 1. The predicted octanol–water partition coefficient (Wildman–Crippen LogP) is 4.73. The van der Waals surface area contributed by atoms with Crippen LogP contribution in [0.2, 0.25) is 0 Å². The number of hydrogen-bond acceptors (Lipinski definition) is 5. The Morgan fingerprint density at radius 2 is 2.00 bits per heavy atom. The van der Waals surface area contributed by atoms with E-state index in [0.29, 0.717) is 18.3 Å². The molecule has 0 saturated carbocycles. The van der Waals surface area contributed by atoms with E-state index in [4.69, 9.17) is 9.26 Å². The molecule has 0 bridgehead atoms. The lowest BCUT2D eigenvalue weighted by atomic mass is 10.1. The summed E-state index contributed by atoms with van der Waals surface area (Å²) in [6.07, 6.45) is 1.69. The van der Waals surface area contributed by atoms with Gasteiger partial charge in [-0.05, 0) is 68.1 Å². The van der Waals surface area contributed by atoms with Crippen molar-refractivity contribution in [3.63, 3.8) is 0 Å². The summed E-state index contributed by atoms with van der Waals surface area (Å²) in [5.41, 5.74) is 3.79. The number of aryl methyl sites for hydroxylation is 2. The van der Waals surface area contributed by atoms with Gasteiger partial charge in [0.25, 0.3) is 0 Å². The number of anilines is 1. The second kappa shape index (κ2) is 7.95. The zero-order chi connectivity index (χ0) is 20.4. The summed E-state index contributed by atoms with van der Waals surface area (Å²) in [6.45, 7) is 4.64. The monoisotopic (exact) mass is 392 g/mol. The van der Waals surface area contributed by atoms with Crippen LogP contribution < -0.4 is 10.1 Å². The number of aromatic nitrogens is 2. The molecule has 1 saturated heterocycles. The molecule has 0 unspecified atom stereocenters. The number of ether oxygens (including phenoxy) is 1. The highest BCUT2D eigenvalue weighted by atomic mass is 16.5. The molecule has 4 rings (SSSR count). The Kier molecular flexibility index (Phi) is 5.20. The van der Waals surface area contributed by atoms with Gasteiger partial charge < -0.3 is 19.5 Å². The van der Waals surface area contributed by atoms with Crippen molar-refractivity contribution in [2.24, 2.45) is 0 Å². The van der Waals surface area contributed by atoms with Gasteiger partial charge in [0.1, 0.15) is 11.8 Å². The number of amides is 2. The number of hydrogen-bond donors (Lipinski definition) is 1. The van der Waals surface area contributed by atoms with Crippen molar-refractivity contribution in [3.8, 4) is 17.1 Å². The largest absolute Gasteiger partial charge is 0.497 e. The van der Waals surface area contributed by atoms with Gasteiger partial charge in [0, 0.05) is 17.8 Å². The minimum atomic E-state index is -0.223. The Morgan fingerprint density at radius 1 is 1.21 bits per heavy atom. The van der Waals surface area contributed by atoms with Crippen LogP contribution in [0.1, 0.15) is 35.9 Å². The van der Waals surface area contributed by atoms with E-state index in [1.54, 1.807) is 12.0 Å². The smallest absolute Gasteiger partial charge is 0.322 e. The number of rotatable bonds is 4. The fraction of sp³-hybridized carbons (Fsp3) is 0.318. The molecule has 1 N–H and O–H groups in total. The average Bonchev–Trinajstić information content (AvgIpc) is 3.40. The number of likely N-dealkylation sites (tertiary alicyclic amines) is 1. The summed E-state index contributed by atoms with van der Waals surface area (Å²) in [6, 6.07) is 13.1. The first-order valence-electron chi connectivity index (χ1n) is 9.68. The predicted molar refractivity (Wildman–Crippen MR) is 110 cm³/mol. The number of benzene rings is 2. The zero-order valence-corrected chi connectivity index (χ0v) is 16.8. The van der Waals surface area contributed by atoms with Crippen LogP contribution in [0.25, 0.3) is 11.4 Å². The third-order valence-electron chi connectivity index (χ3n) is 5.22. The van der Waals surface area contributed by atoms with Crippen molar-refractivity contribution in [2.45, 2.75) is 32.7 Å².